The Kier molecular flexibility index (Phi) is 15.8. The van der Waals surface area contributed by atoms with Gasteiger partial charge in [0, 0.05) is 17.3 Å². The van der Waals surface area contributed by atoms with Gasteiger partial charge >= 0.3 is 5.97 Å². The van der Waals surface area contributed by atoms with Crippen LogP contribution in [0.2, 0.25) is 0 Å². The molecule has 3 aromatic carbocycles. The highest BCUT2D eigenvalue weighted by Gasteiger charge is 2.28. The molecule has 5 N–H and O–H groups in total. The van der Waals surface area contributed by atoms with Crippen molar-refractivity contribution in [1.82, 2.24) is 10.3 Å². The Morgan fingerprint density at radius 1 is 0.836 bits per heavy atom. The van der Waals surface area contributed by atoms with Crippen LogP contribution in [0.25, 0.3) is 0 Å². The molecule has 4 amide bonds. The van der Waals surface area contributed by atoms with Gasteiger partial charge in [0.25, 0.3) is 23.4 Å². The number of allylic oxidation sites excluding steroid dienone is 1. The van der Waals surface area contributed by atoms with Crippen molar-refractivity contribution in [2.75, 3.05) is 43.4 Å². The number of nitrogens with one attached hydrogen (secondary N) is 4. The summed E-state index contributed by atoms with van der Waals surface area (Å²) in [4.78, 5) is 79.3. The zero-order valence-electron chi connectivity index (χ0n) is 32.8. The smallest absolute Gasteiger partial charge is 0.339 e. The Hall–Kier alpha value is -8.53. The summed E-state index contributed by atoms with van der Waals surface area (Å²) in [6, 6.07) is 12.4. The van der Waals surface area contributed by atoms with E-state index in [4.69, 9.17) is 18.9 Å². The third-order valence-electron chi connectivity index (χ3n) is 8.38. The second kappa shape index (κ2) is 21.3. The van der Waals surface area contributed by atoms with E-state index in [1.54, 1.807) is 0 Å². The molecule has 314 valence electrons. The number of carboxylic acids is 1. The lowest BCUT2D eigenvalue weighted by molar-refractivity contribution is -0.385. The summed E-state index contributed by atoms with van der Waals surface area (Å²) >= 11 is 0. The predicted octanol–water partition coefficient (Wildman–Crippen LogP) is 5.72. The number of carbonyl (C=O) groups is 5. The van der Waals surface area contributed by atoms with E-state index in [-0.39, 0.29) is 87.8 Å². The maximum atomic E-state index is 14.0. The third-order valence-corrected chi connectivity index (χ3v) is 8.38. The van der Waals surface area contributed by atoms with E-state index in [0.717, 1.165) is 18.3 Å². The van der Waals surface area contributed by atoms with Crippen LogP contribution in [-0.2, 0) is 11.2 Å². The number of carbonyl (C=O) groups excluding carboxylic acids is 4. The number of rotatable bonds is 21. The summed E-state index contributed by atoms with van der Waals surface area (Å²) in [6.07, 6.45) is 4.97. The number of nitrogens with zero attached hydrogens (tertiary/aromatic N) is 3. The number of carboxylic acid groups (broad SMARTS) is 1. The molecule has 0 radical (unpaired) electrons. The Morgan fingerprint density at radius 3 is 2.03 bits per heavy atom. The highest BCUT2D eigenvalue weighted by atomic mass is 16.6. The lowest BCUT2D eigenvalue weighted by Gasteiger charge is -2.21. The Morgan fingerprint density at radius 2 is 1.49 bits per heavy atom. The highest BCUT2D eigenvalue weighted by Crippen LogP contribution is 2.44. The molecule has 4 rings (SSSR count). The zero-order chi connectivity index (χ0) is 44.6. The van der Waals surface area contributed by atoms with Gasteiger partial charge in [0.1, 0.15) is 36.7 Å². The number of aromatic carboxylic acids is 1. The molecule has 0 aliphatic rings. The molecule has 0 aliphatic heterocycles. The molecule has 61 heavy (non-hydrogen) atoms. The lowest BCUT2D eigenvalue weighted by Crippen LogP contribution is -2.43. The van der Waals surface area contributed by atoms with E-state index >= 15 is 0 Å². The number of hydrogen-bond donors (Lipinski definition) is 5. The van der Waals surface area contributed by atoms with Crippen molar-refractivity contribution in [1.29, 1.82) is 5.26 Å². The molecule has 0 aliphatic carbocycles. The minimum atomic E-state index is -1.32. The minimum Gasteiger partial charge on any atom is -0.491 e. The van der Waals surface area contributed by atoms with Crippen molar-refractivity contribution >= 4 is 52.3 Å². The van der Waals surface area contributed by atoms with Crippen LogP contribution in [0.1, 0.15) is 53.5 Å². The first kappa shape index (κ1) is 45.2. The van der Waals surface area contributed by atoms with Crippen LogP contribution in [-0.4, -0.2) is 78.1 Å². The Bertz CT molecular complexity index is 2410. The summed E-state index contributed by atoms with van der Waals surface area (Å²) in [5.74, 6) is -4.56. The fourth-order valence-electron chi connectivity index (χ4n) is 5.59. The third kappa shape index (κ3) is 11.1. The van der Waals surface area contributed by atoms with Crippen molar-refractivity contribution in [2.24, 2.45) is 0 Å². The molecular formula is C42H39N7O12. The van der Waals surface area contributed by atoms with Crippen LogP contribution >= 0.6 is 0 Å². The van der Waals surface area contributed by atoms with E-state index in [9.17, 15) is 44.5 Å². The fourth-order valence-corrected chi connectivity index (χ4v) is 5.59. The number of nitriles is 1. The summed E-state index contributed by atoms with van der Waals surface area (Å²) in [7, 11) is 2.59. The molecular weight excluding hydrogens is 794 g/mol. The number of nitro groups is 1. The van der Waals surface area contributed by atoms with Gasteiger partial charge in [0.15, 0.2) is 23.0 Å². The molecule has 4 aromatic rings. The van der Waals surface area contributed by atoms with Crippen LogP contribution in [0.15, 0.2) is 98.8 Å². The molecule has 0 unspecified atom stereocenters. The zero-order valence-corrected chi connectivity index (χ0v) is 32.8. The number of aromatic nitrogens is 1. The van der Waals surface area contributed by atoms with Gasteiger partial charge in [-0.25, -0.2) is 9.78 Å². The first-order valence-corrected chi connectivity index (χ1v) is 17.9. The summed E-state index contributed by atoms with van der Waals surface area (Å²) in [5.41, 5.74) is 0.0932. The number of ether oxygens (including phenoxy) is 4. The van der Waals surface area contributed by atoms with E-state index in [1.807, 2.05) is 6.07 Å². The largest absolute Gasteiger partial charge is 0.491 e. The summed E-state index contributed by atoms with van der Waals surface area (Å²) < 4.78 is 22.7. The Balaban J connectivity index is 1.57. The second-order valence-electron chi connectivity index (χ2n) is 12.4. The predicted molar refractivity (Wildman–Crippen MR) is 222 cm³/mol. The number of pyridine rings is 1. The van der Waals surface area contributed by atoms with Gasteiger partial charge in [-0.15, -0.1) is 6.58 Å². The first-order chi connectivity index (χ1) is 29.3. The van der Waals surface area contributed by atoms with Gasteiger partial charge in [0.2, 0.25) is 5.91 Å². The van der Waals surface area contributed by atoms with Crippen molar-refractivity contribution < 1.29 is 52.9 Å². The molecule has 1 heterocycles. The average molecular weight is 834 g/mol. The fraction of sp³-hybridized carbons (Fsp3) is 0.167. The normalized spacial score (nSPS) is 10.7. The van der Waals surface area contributed by atoms with Gasteiger partial charge < -0.3 is 45.3 Å². The van der Waals surface area contributed by atoms with Gasteiger partial charge in [-0.2, -0.15) is 5.26 Å². The molecule has 1 atom stereocenters. The topological polar surface area (TPSA) is 270 Å². The standard InChI is InChI=1S/C42H39N7O12/c1-6-9-25-22-29(42(54)55)35(61-21-8-3)37(59-5)33(25)48-39(51)28-15-17-30(36(58-4)34(28)60-20-7-2)46-38(50)24-10-12-26(13-11-24)45-41(53)32(18-19-43)47-40(52)31-16-14-27(23-44-31)49(56)57/h6-8,10-17,22-23,32H,1-3,9,18,20-21H2,4-5H3,(H,45,53)(H,46,50)(H,47,52)(H,48,51)(H,54,55)/t32-/m0/s1. The van der Waals surface area contributed by atoms with E-state index in [0.29, 0.717) is 5.56 Å². The Labute approximate surface area is 348 Å². The molecule has 0 saturated carbocycles. The summed E-state index contributed by atoms with van der Waals surface area (Å²) in [5, 5.41) is 40.5. The van der Waals surface area contributed by atoms with Gasteiger partial charge in [-0.3, -0.25) is 29.3 Å². The quantitative estimate of drug-likeness (QED) is 0.0382. The average Bonchev–Trinajstić information content (AvgIpc) is 3.25. The monoisotopic (exact) mass is 833 g/mol. The van der Waals surface area contributed by atoms with Gasteiger partial charge in [0.05, 0.1) is 48.6 Å². The van der Waals surface area contributed by atoms with E-state index < -0.39 is 47.0 Å². The molecule has 1 aromatic heterocycles. The molecule has 19 nitrogen and oxygen atoms in total. The lowest BCUT2D eigenvalue weighted by atomic mass is 10.0. The van der Waals surface area contributed by atoms with Crippen molar-refractivity contribution in [2.45, 2.75) is 18.9 Å². The molecule has 0 spiro atoms. The first-order valence-electron chi connectivity index (χ1n) is 17.9. The molecule has 19 heteroatoms. The van der Waals surface area contributed by atoms with Crippen molar-refractivity contribution in [3.05, 3.63) is 137 Å². The van der Waals surface area contributed by atoms with Gasteiger partial charge in [-0.1, -0.05) is 31.4 Å². The second-order valence-corrected chi connectivity index (χ2v) is 12.4. The SMILES string of the molecule is C=CCOc1c(C(=O)Nc2c(CC=C)cc(C(=O)O)c(OCC=C)c2OC)ccc(NC(=O)c2ccc(NC(=O)[C@H](CC#N)NC(=O)c3ccc([N+](=O)[O-])cn3)cc2)c1OC. The number of hydrogen-bond acceptors (Lipinski definition) is 13. The van der Waals surface area contributed by atoms with Crippen molar-refractivity contribution in [3.8, 4) is 29.1 Å². The molecule has 0 fully saturated rings. The number of anilines is 3. The van der Waals surface area contributed by atoms with Crippen molar-refractivity contribution in [3.63, 3.8) is 0 Å². The number of methoxy groups -OCH3 is 2. The number of benzene rings is 3. The van der Waals surface area contributed by atoms with Crippen LogP contribution in [0.4, 0.5) is 22.7 Å². The highest BCUT2D eigenvalue weighted by molar-refractivity contribution is 6.11. The molecule has 0 bridgehead atoms. The molecule has 0 saturated heterocycles. The van der Waals surface area contributed by atoms with Crippen LogP contribution in [0, 0.1) is 21.4 Å². The minimum absolute atomic E-state index is 0.0317. The van der Waals surface area contributed by atoms with E-state index in [1.165, 1.54) is 74.9 Å². The number of amides is 4. The van der Waals surface area contributed by atoms with Gasteiger partial charge in [-0.05, 0) is 60.5 Å². The van der Waals surface area contributed by atoms with E-state index in [2.05, 4.69) is 46.0 Å². The maximum Gasteiger partial charge on any atom is 0.339 e. The van der Waals surface area contributed by atoms with Crippen LogP contribution < -0.4 is 40.2 Å². The van der Waals surface area contributed by atoms with Crippen LogP contribution in [0.5, 0.6) is 23.0 Å². The van der Waals surface area contributed by atoms with Crippen LogP contribution in [0.3, 0.4) is 0 Å². The maximum absolute atomic E-state index is 14.0. The summed E-state index contributed by atoms with van der Waals surface area (Å²) in [6.45, 7) is 10.9.